The van der Waals surface area contributed by atoms with Crippen LogP contribution >= 0.6 is 11.3 Å². The van der Waals surface area contributed by atoms with Crippen molar-refractivity contribution >= 4 is 17.6 Å². The molecular formula is C18H18N2O2S. The summed E-state index contributed by atoms with van der Waals surface area (Å²) in [5.41, 5.74) is 4.84. The van der Waals surface area contributed by atoms with Crippen LogP contribution in [0.4, 0.5) is 0 Å². The molecule has 0 saturated carbocycles. The van der Waals surface area contributed by atoms with Gasteiger partial charge >= 0.3 is 0 Å². The van der Waals surface area contributed by atoms with Gasteiger partial charge in [-0.2, -0.15) is 0 Å². The highest BCUT2D eigenvalue weighted by molar-refractivity contribution is 7.12. The lowest BCUT2D eigenvalue weighted by Crippen LogP contribution is -1.98. The molecule has 0 N–H and O–H groups in total. The summed E-state index contributed by atoms with van der Waals surface area (Å²) in [4.78, 5) is 15.8. The van der Waals surface area contributed by atoms with Crippen LogP contribution in [0.3, 0.4) is 0 Å². The second kappa shape index (κ2) is 6.38. The van der Waals surface area contributed by atoms with E-state index in [1.54, 1.807) is 10.6 Å². The lowest BCUT2D eigenvalue weighted by Gasteiger charge is -2.11. The number of carbonyl (C=O) groups is 1. The van der Waals surface area contributed by atoms with Gasteiger partial charge < -0.3 is 4.74 Å². The van der Waals surface area contributed by atoms with Gasteiger partial charge in [-0.25, -0.2) is 4.98 Å². The third kappa shape index (κ3) is 2.92. The van der Waals surface area contributed by atoms with E-state index in [2.05, 4.69) is 31.0 Å². The Labute approximate surface area is 139 Å². The van der Waals surface area contributed by atoms with Crippen LogP contribution in [0.5, 0.6) is 5.75 Å². The highest BCUT2D eigenvalue weighted by Crippen LogP contribution is 2.34. The van der Waals surface area contributed by atoms with Crippen LogP contribution in [0.2, 0.25) is 0 Å². The number of aryl methyl sites for hydroxylation is 2. The van der Waals surface area contributed by atoms with E-state index in [1.165, 1.54) is 22.5 Å². The zero-order valence-corrected chi connectivity index (χ0v) is 14.2. The van der Waals surface area contributed by atoms with Crippen LogP contribution in [0.1, 0.15) is 28.5 Å². The van der Waals surface area contributed by atoms with Gasteiger partial charge in [-0.1, -0.05) is 0 Å². The fourth-order valence-corrected chi connectivity index (χ4v) is 3.26. The first-order chi connectivity index (χ1) is 11.1. The minimum absolute atomic E-state index is 0.594. The first-order valence-electron chi connectivity index (χ1n) is 7.47. The largest absolute Gasteiger partial charge is 0.493 e. The molecule has 23 heavy (non-hydrogen) atoms. The first-order valence-corrected chi connectivity index (χ1v) is 8.35. The van der Waals surface area contributed by atoms with E-state index in [9.17, 15) is 4.79 Å². The van der Waals surface area contributed by atoms with Crippen molar-refractivity contribution in [3.05, 3.63) is 52.7 Å². The van der Waals surface area contributed by atoms with Gasteiger partial charge in [-0.3, -0.25) is 9.36 Å². The normalized spacial score (nSPS) is 10.7. The molecule has 3 rings (SSSR count). The van der Waals surface area contributed by atoms with Gasteiger partial charge in [0.05, 0.1) is 18.0 Å². The number of aldehydes is 1. The Kier molecular flexibility index (Phi) is 4.30. The van der Waals surface area contributed by atoms with Gasteiger partial charge in [-0.15, -0.1) is 11.3 Å². The molecule has 0 aliphatic rings. The summed E-state index contributed by atoms with van der Waals surface area (Å²) < 4.78 is 7.57. The van der Waals surface area contributed by atoms with Crippen LogP contribution in [0.25, 0.3) is 16.4 Å². The summed E-state index contributed by atoms with van der Waals surface area (Å²) in [7, 11) is 0. The van der Waals surface area contributed by atoms with E-state index in [4.69, 9.17) is 4.74 Å². The first kappa shape index (κ1) is 15.5. The van der Waals surface area contributed by atoms with Crippen molar-refractivity contribution in [3.8, 4) is 22.1 Å². The number of carbonyl (C=O) groups excluding carboxylic acids is 1. The zero-order valence-electron chi connectivity index (χ0n) is 13.4. The maximum Gasteiger partial charge on any atom is 0.194 e. The Morgan fingerprint density at radius 2 is 2.09 bits per heavy atom. The molecule has 0 spiro atoms. The molecule has 0 atom stereocenters. The third-order valence-corrected chi connectivity index (χ3v) is 4.61. The molecule has 118 valence electrons. The highest BCUT2D eigenvalue weighted by Gasteiger charge is 2.14. The molecular weight excluding hydrogens is 308 g/mol. The highest BCUT2D eigenvalue weighted by atomic mass is 32.1. The molecule has 0 aliphatic carbocycles. The van der Waals surface area contributed by atoms with Crippen molar-refractivity contribution in [2.24, 2.45) is 0 Å². The van der Waals surface area contributed by atoms with Gasteiger partial charge in [-0.05, 0) is 56.2 Å². The summed E-state index contributed by atoms with van der Waals surface area (Å²) in [6.07, 6.45) is 2.68. The van der Waals surface area contributed by atoms with Crippen LogP contribution in [-0.2, 0) is 0 Å². The molecule has 0 bridgehead atoms. The van der Waals surface area contributed by atoms with Gasteiger partial charge in [0.15, 0.2) is 11.4 Å². The summed E-state index contributed by atoms with van der Waals surface area (Å²) in [6, 6.07) is 7.78. The van der Waals surface area contributed by atoms with E-state index in [0.29, 0.717) is 12.3 Å². The Balaban J connectivity index is 2.07. The van der Waals surface area contributed by atoms with Gasteiger partial charge in [0.1, 0.15) is 5.75 Å². The van der Waals surface area contributed by atoms with Crippen molar-refractivity contribution in [1.82, 2.24) is 9.55 Å². The van der Waals surface area contributed by atoms with Crippen LogP contribution in [-0.4, -0.2) is 22.4 Å². The molecule has 4 nitrogen and oxygen atoms in total. The van der Waals surface area contributed by atoms with E-state index in [1.807, 2.05) is 24.6 Å². The minimum Gasteiger partial charge on any atom is -0.493 e. The van der Waals surface area contributed by atoms with Crippen molar-refractivity contribution in [1.29, 1.82) is 0 Å². The van der Waals surface area contributed by atoms with Crippen LogP contribution < -0.4 is 4.74 Å². The fraction of sp³-hybridized carbons (Fsp3) is 0.222. The van der Waals surface area contributed by atoms with Crippen molar-refractivity contribution in [3.63, 3.8) is 0 Å². The van der Waals surface area contributed by atoms with Crippen LogP contribution in [0.15, 0.2) is 35.8 Å². The molecule has 5 heteroatoms. The van der Waals surface area contributed by atoms with E-state index in [-0.39, 0.29) is 0 Å². The average Bonchev–Trinajstić information content (AvgIpc) is 3.19. The Hall–Kier alpha value is -2.40. The number of thiazole rings is 1. The topological polar surface area (TPSA) is 44.1 Å². The summed E-state index contributed by atoms with van der Waals surface area (Å²) >= 11 is 1.51. The van der Waals surface area contributed by atoms with Crippen LogP contribution in [0, 0.1) is 13.8 Å². The van der Waals surface area contributed by atoms with E-state index < -0.39 is 0 Å². The molecule has 1 aromatic carbocycles. The van der Waals surface area contributed by atoms with Crippen molar-refractivity contribution in [2.75, 3.05) is 6.61 Å². The van der Waals surface area contributed by atoms with E-state index >= 15 is 0 Å². The number of aromatic nitrogens is 2. The third-order valence-electron chi connectivity index (χ3n) is 3.77. The second-order valence-corrected chi connectivity index (χ2v) is 6.14. The lowest BCUT2D eigenvalue weighted by atomic mass is 10.0. The maximum atomic E-state index is 11.1. The van der Waals surface area contributed by atoms with Gasteiger partial charge in [0.25, 0.3) is 0 Å². The predicted molar refractivity (Wildman–Crippen MR) is 92.9 cm³/mol. The predicted octanol–water partition coefficient (Wildman–Crippen LogP) is 4.43. The molecule has 0 unspecified atom stereocenters. The maximum absolute atomic E-state index is 11.1. The standard InChI is InChI=1S/C18H18N2O2S/c1-4-22-17-9-13(3)12(2)8-15(17)16-11-23-18(19-16)20-7-5-6-14(20)10-21/h5-11H,4H2,1-3H3. The SMILES string of the molecule is CCOc1cc(C)c(C)cc1-c1csc(-n2cccc2C=O)n1. The molecule has 0 radical (unpaired) electrons. The fourth-order valence-electron chi connectivity index (χ4n) is 2.43. The molecule has 0 aliphatic heterocycles. The molecule has 0 saturated heterocycles. The number of hydrogen-bond acceptors (Lipinski definition) is 4. The summed E-state index contributed by atoms with van der Waals surface area (Å²) in [5, 5.41) is 2.77. The monoisotopic (exact) mass is 326 g/mol. The summed E-state index contributed by atoms with van der Waals surface area (Å²) in [6.45, 7) is 6.74. The smallest absolute Gasteiger partial charge is 0.194 e. The molecule has 0 amide bonds. The number of nitrogens with zero attached hydrogens (tertiary/aromatic N) is 2. The van der Waals surface area contributed by atoms with Crippen molar-refractivity contribution in [2.45, 2.75) is 20.8 Å². The van der Waals surface area contributed by atoms with Crippen molar-refractivity contribution < 1.29 is 9.53 Å². The van der Waals surface area contributed by atoms with Gasteiger partial charge in [0.2, 0.25) is 0 Å². The second-order valence-electron chi connectivity index (χ2n) is 5.30. The molecule has 0 fully saturated rings. The number of hydrogen-bond donors (Lipinski definition) is 0. The Morgan fingerprint density at radius 1 is 1.30 bits per heavy atom. The Bertz CT molecular complexity index is 849. The number of benzene rings is 1. The average molecular weight is 326 g/mol. The molecule has 2 heterocycles. The lowest BCUT2D eigenvalue weighted by molar-refractivity contribution is 0.111. The number of rotatable bonds is 5. The molecule has 2 aromatic heterocycles. The zero-order chi connectivity index (χ0) is 16.4. The number of ether oxygens (including phenoxy) is 1. The quantitative estimate of drug-likeness (QED) is 0.652. The molecule has 3 aromatic rings. The minimum atomic E-state index is 0.594. The summed E-state index contributed by atoms with van der Waals surface area (Å²) in [5.74, 6) is 0.843. The van der Waals surface area contributed by atoms with E-state index in [0.717, 1.165) is 28.4 Å². The Morgan fingerprint density at radius 3 is 2.83 bits per heavy atom. The van der Waals surface area contributed by atoms with Gasteiger partial charge in [0, 0.05) is 17.1 Å².